The molecular formula is C12H19N3S. The van der Waals surface area contributed by atoms with Gasteiger partial charge in [-0.2, -0.15) is 0 Å². The van der Waals surface area contributed by atoms with Gasteiger partial charge in [0.2, 0.25) is 0 Å². The lowest BCUT2D eigenvalue weighted by Gasteiger charge is -2.20. The highest BCUT2D eigenvalue weighted by Crippen LogP contribution is 2.30. The summed E-state index contributed by atoms with van der Waals surface area (Å²) in [6.45, 7) is 4.58. The molecule has 1 aromatic heterocycles. The van der Waals surface area contributed by atoms with Crippen molar-refractivity contribution in [2.45, 2.75) is 31.1 Å². The maximum absolute atomic E-state index is 4.85. The van der Waals surface area contributed by atoms with Gasteiger partial charge in [-0.25, -0.2) is 4.98 Å². The van der Waals surface area contributed by atoms with Crippen molar-refractivity contribution < 1.29 is 0 Å². The second kappa shape index (κ2) is 4.82. The molecule has 2 aliphatic rings. The van der Waals surface area contributed by atoms with Crippen LogP contribution in [0.5, 0.6) is 0 Å². The van der Waals surface area contributed by atoms with Crippen LogP contribution in [0.1, 0.15) is 41.8 Å². The molecule has 1 aromatic rings. The monoisotopic (exact) mass is 237 g/mol. The highest BCUT2D eigenvalue weighted by molar-refractivity contribution is 7.09. The van der Waals surface area contributed by atoms with Crippen molar-refractivity contribution >= 4 is 11.3 Å². The van der Waals surface area contributed by atoms with Gasteiger partial charge in [-0.15, -0.1) is 11.3 Å². The molecule has 0 radical (unpaired) electrons. The van der Waals surface area contributed by atoms with Gasteiger partial charge in [-0.1, -0.05) is 0 Å². The van der Waals surface area contributed by atoms with Crippen molar-refractivity contribution in [1.82, 2.24) is 15.6 Å². The maximum atomic E-state index is 4.85. The number of piperidine rings is 1. The molecular weight excluding hydrogens is 218 g/mol. The molecule has 2 fully saturated rings. The summed E-state index contributed by atoms with van der Waals surface area (Å²) in [6.07, 6.45) is 3.86. The highest BCUT2D eigenvalue weighted by atomic mass is 32.1. The number of thiazole rings is 1. The van der Waals surface area contributed by atoms with Crippen molar-refractivity contribution in [3.63, 3.8) is 0 Å². The summed E-state index contributed by atoms with van der Waals surface area (Å²) in [4.78, 5) is 4.85. The van der Waals surface area contributed by atoms with E-state index in [1.807, 2.05) is 11.3 Å². The molecule has 0 aromatic carbocycles. The fourth-order valence-electron chi connectivity index (χ4n) is 2.65. The van der Waals surface area contributed by atoms with Crippen molar-refractivity contribution in [2.24, 2.45) is 0 Å². The van der Waals surface area contributed by atoms with Gasteiger partial charge in [0, 0.05) is 30.3 Å². The van der Waals surface area contributed by atoms with Crippen molar-refractivity contribution in [3.8, 4) is 0 Å². The molecule has 2 N–H and O–H groups in total. The molecule has 0 saturated carbocycles. The number of nitrogens with one attached hydrogen (secondary N) is 2. The van der Waals surface area contributed by atoms with Gasteiger partial charge in [0.25, 0.3) is 0 Å². The first kappa shape index (κ1) is 10.7. The topological polar surface area (TPSA) is 37.0 Å². The quantitative estimate of drug-likeness (QED) is 0.822. The summed E-state index contributed by atoms with van der Waals surface area (Å²) in [7, 11) is 0. The Balaban J connectivity index is 1.71. The molecule has 2 saturated heterocycles. The number of hydrogen-bond donors (Lipinski definition) is 2. The normalized spacial score (nSPS) is 30.8. The summed E-state index contributed by atoms with van der Waals surface area (Å²) in [6, 6.07) is 0. The lowest BCUT2D eigenvalue weighted by molar-refractivity contribution is 0.455. The van der Waals surface area contributed by atoms with Gasteiger partial charge in [0.05, 0.1) is 10.7 Å². The Hall–Kier alpha value is -0.450. The molecule has 2 aliphatic heterocycles. The summed E-state index contributed by atoms with van der Waals surface area (Å²) < 4.78 is 0. The Labute approximate surface area is 101 Å². The zero-order chi connectivity index (χ0) is 10.8. The van der Waals surface area contributed by atoms with Crippen LogP contribution >= 0.6 is 11.3 Å². The predicted octanol–water partition coefficient (Wildman–Crippen LogP) is 1.69. The van der Waals surface area contributed by atoms with Crippen LogP contribution in [0.25, 0.3) is 0 Å². The minimum absolute atomic E-state index is 0.660. The number of aromatic nitrogens is 1. The molecule has 4 heteroatoms. The van der Waals surface area contributed by atoms with E-state index in [0.717, 1.165) is 19.6 Å². The lowest BCUT2D eigenvalue weighted by atomic mass is 9.97. The highest BCUT2D eigenvalue weighted by Gasteiger charge is 2.23. The van der Waals surface area contributed by atoms with Gasteiger partial charge < -0.3 is 10.6 Å². The van der Waals surface area contributed by atoms with Crippen LogP contribution in [0.2, 0.25) is 0 Å². The molecule has 3 rings (SSSR count). The van der Waals surface area contributed by atoms with E-state index in [-0.39, 0.29) is 0 Å². The molecule has 3 heterocycles. The summed E-state index contributed by atoms with van der Waals surface area (Å²) in [5, 5.41) is 10.5. The average Bonchev–Trinajstić information content (AvgIpc) is 3.01. The molecule has 3 nitrogen and oxygen atoms in total. The number of hydrogen-bond acceptors (Lipinski definition) is 4. The standard InChI is InChI=1S/C12H19N3S/c1-2-9(6-13-4-1)11-8-16-12(15-11)10-3-5-14-7-10/h8-10,13-14H,1-7H2. The third-order valence-electron chi connectivity index (χ3n) is 3.66. The van der Waals surface area contributed by atoms with Crippen LogP contribution < -0.4 is 10.6 Å². The van der Waals surface area contributed by atoms with Crippen molar-refractivity contribution in [2.75, 3.05) is 26.2 Å². The second-order valence-electron chi connectivity index (χ2n) is 4.84. The Morgan fingerprint density at radius 3 is 2.75 bits per heavy atom. The molecule has 16 heavy (non-hydrogen) atoms. The largest absolute Gasteiger partial charge is 0.316 e. The first-order valence-corrected chi connectivity index (χ1v) is 7.18. The number of rotatable bonds is 2. The van der Waals surface area contributed by atoms with Crippen LogP contribution in [0.4, 0.5) is 0 Å². The van der Waals surface area contributed by atoms with Gasteiger partial charge in [-0.05, 0) is 32.4 Å². The molecule has 0 aliphatic carbocycles. The summed E-state index contributed by atoms with van der Waals surface area (Å²) in [5.41, 5.74) is 1.33. The summed E-state index contributed by atoms with van der Waals surface area (Å²) in [5.74, 6) is 1.34. The third kappa shape index (κ3) is 2.14. The van der Waals surface area contributed by atoms with E-state index in [1.165, 1.54) is 36.5 Å². The van der Waals surface area contributed by atoms with E-state index in [9.17, 15) is 0 Å². The van der Waals surface area contributed by atoms with E-state index in [1.54, 1.807) is 0 Å². The van der Waals surface area contributed by atoms with E-state index >= 15 is 0 Å². The van der Waals surface area contributed by atoms with Gasteiger partial charge >= 0.3 is 0 Å². The maximum Gasteiger partial charge on any atom is 0.0972 e. The fraction of sp³-hybridized carbons (Fsp3) is 0.750. The van der Waals surface area contributed by atoms with E-state index in [2.05, 4.69) is 16.0 Å². The van der Waals surface area contributed by atoms with Gasteiger partial charge in [0.1, 0.15) is 0 Å². The average molecular weight is 237 g/mol. The minimum Gasteiger partial charge on any atom is -0.316 e. The van der Waals surface area contributed by atoms with Crippen molar-refractivity contribution in [3.05, 3.63) is 16.1 Å². The van der Waals surface area contributed by atoms with E-state index in [4.69, 9.17) is 4.98 Å². The van der Waals surface area contributed by atoms with Crippen LogP contribution in [-0.2, 0) is 0 Å². The first-order chi connectivity index (χ1) is 7.93. The first-order valence-electron chi connectivity index (χ1n) is 6.30. The molecule has 2 unspecified atom stereocenters. The number of nitrogens with zero attached hydrogens (tertiary/aromatic N) is 1. The van der Waals surface area contributed by atoms with Crippen molar-refractivity contribution in [1.29, 1.82) is 0 Å². The van der Waals surface area contributed by atoms with Crippen LogP contribution in [-0.4, -0.2) is 31.2 Å². The Morgan fingerprint density at radius 2 is 2.00 bits per heavy atom. The third-order valence-corrected chi connectivity index (χ3v) is 4.69. The second-order valence-corrected chi connectivity index (χ2v) is 5.73. The molecule has 0 spiro atoms. The molecule has 88 valence electrons. The predicted molar refractivity (Wildman–Crippen MR) is 67.2 cm³/mol. The molecule has 0 bridgehead atoms. The molecule has 2 atom stereocenters. The SMILES string of the molecule is c1sc(C2CCNC2)nc1C1CCCNC1. The lowest BCUT2D eigenvalue weighted by Crippen LogP contribution is -2.28. The Morgan fingerprint density at radius 1 is 1.12 bits per heavy atom. The van der Waals surface area contributed by atoms with Crippen LogP contribution in [0.15, 0.2) is 5.38 Å². The van der Waals surface area contributed by atoms with E-state index < -0.39 is 0 Å². The van der Waals surface area contributed by atoms with Gasteiger partial charge in [-0.3, -0.25) is 0 Å². The van der Waals surface area contributed by atoms with Gasteiger partial charge in [0.15, 0.2) is 0 Å². The smallest absolute Gasteiger partial charge is 0.0972 e. The minimum atomic E-state index is 0.660. The Kier molecular flexibility index (Phi) is 3.22. The summed E-state index contributed by atoms with van der Waals surface area (Å²) >= 11 is 1.86. The molecule has 0 amide bonds. The van der Waals surface area contributed by atoms with Crippen LogP contribution in [0.3, 0.4) is 0 Å². The van der Waals surface area contributed by atoms with Crippen LogP contribution in [0, 0.1) is 0 Å². The van der Waals surface area contributed by atoms with E-state index in [0.29, 0.717) is 11.8 Å². The zero-order valence-electron chi connectivity index (χ0n) is 9.54. The zero-order valence-corrected chi connectivity index (χ0v) is 10.4. The fourth-order valence-corrected chi connectivity index (χ4v) is 3.68. The Bertz CT molecular complexity index is 338.